The molecule has 0 spiro atoms. The highest BCUT2D eigenvalue weighted by molar-refractivity contribution is 5.96. The number of ether oxygens (including phenoxy) is 1. The van der Waals surface area contributed by atoms with Crippen LogP contribution in [0.1, 0.15) is 19.8 Å². The lowest BCUT2D eigenvalue weighted by atomic mass is 10.1. The lowest BCUT2D eigenvalue weighted by molar-refractivity contribution is -0.384. The van der Waals surface area contributed by atoms with Crippen LogP contribution >= 0.6 is 0 Å². The minimum Gasteiger partial charge on any atom is -0.494 e. The molecule has 0 fully saturated rings. The Balaban J connectivity index is 2.38. The van der Waals surface area contributed by atoms with E-state index in [-0.39, 0.29) is 18.8 Å². The summed E-state index contributed by atoms with van der Waals surface area (Å²) in [5.41, 5.74) is 0.866. The molecule has 1 aromatic heterocycles. The molecule has 2 N–H and O–H groups in total. The summed E-state index contributed by atoms with van der Waals surface area (Å²) in [4.78, 5) is 14.8. The molecule has 7 heteroatoms. The topological polar surface area (TPSA) is 97.5 Å². The van der Waals surface area contributed by atoms with Crippen LogP contribution in [-0.4, -0.2) is 34.8 Å². The molecule has 0 atom stereocenters. The SMILES string of the molecule is CCCCOc1ccc2c(NCCO)c([N+](=O)[O-])cnc2c1. The van der Waals surface area contributed by atoms with Gasteiger partial charge in [0.05, 0.1) is 23.7 Å². The first kappa shape index (κ1) is 16.0. The van der Waals surface area contributed by atoms with Gasteiger partial charge in [0.25, 0.3) is 0 Å². The van der Waals surface area contributed by atoms with E-state index in [2.05, 4.69) is 17.2 Å². The van der Waals surface area contributed by atoms with Gasteiger partial charge in [-0.05, 0) is 18.6 Å². The molecule has 1 aromatic carbocycles. The average molecular weight is 305 g/mol. The van der Waals surface area contributed by atoms with E-state index < -0.39 is 4.92 Å². The summed E-state index contributed by atoms with van der Waals surface area (Å²) in [7, 11) is 0. The summed E-state index contributed by atoms with van der Waals surface area (Å²) in [5, 5.41) is 23.6. The Labute approximate surface area is 128 Å². The molecular weight excluding hydrogens is 286 g/mol. The Morgan fingerprint density at radius 1 is 1.45 bits per heavy atom. The van der Waals surface area contributed by atoms with Crippen LogP contribution in [-0.2, 0) is 0 Å². The van der Waals surface area contributed by atoms with Crippen molar-refractivity contribution in [1.29, 1.82) is 0 Å². The second kappa shape index (κ2) is 7.56. The van der Waals surface area contributed by atoms with Crippen molar-refractivity contribution in [1.82, 2.24) is 4.98 Å². The molecule has 118 valence electrons. The van der Waals surface area contributed by atoms with E-state index in [0.717, 1.165) is 12.8 Å². The normalized spacial score (nSPS) is 10.6. The molecule has 0 aliphatic rings. The fraction of sp³-hybridized carbons (Fsp3) is 0.400. The molecule has 0 saturated carbocycles. The molecule has 0 radical (unpaired) electrons. The van der Waals surface area contributed by atoms with Crippen LogP contribution in [0, 0.1) is 10.1 Å². The maximum absolute atomic E-state index is 11.1. The highest BCUT2D eigenvalue weighted by Gasteiger charge is 2.18. The van der Waals surface area contributed by atoms with Crippen LogP contribution in [0.5, 0.6) is 5.75 Å². The molecule has 0 aliphatic carbocycles. The number of aromatic nitrogens is 1. The van der Waals surface area contributed by atoms with E-state index in [1.807, 2.05) is 0 Å². The number of benzene rings is 1. The van der Waals surface area contributed by atoms with Gasteiger partial charge in [-0.3, -0.25) is 10.1 Å². The first-order valence-electron chi connectivity index (χ1n) is 7.22. The predicted molar refractivity (Wildman–Crippen MR) is 84.4 cm³/mol. The van der Waals surface area contributed by atoms with E-state index >= 15 is 0 Å². The number of pyridine rings is 1. The van der Waals surface area contributed by atoms with Crippen LogP contribution in [0.2, 0.25) is 0 Å². The van der Waals surface area contributed by atoms with Gasteiger partial charge >= 0.3 is 5.69 Å². The van der Waals surface area contributed by atoms with E-state index in [1.54, 1.807) is 18.2 Å². The minimum atomic E-state index is -0.488. The maximum atomic E-state index is 11.1. The third kappa shape index (κ3) is 3.62. The zero-order valence-corrected chi connectivity index (χ0v) is 12.4. The predicted octanol–water partition coefficient (Wildman–Crippen LogP) is 2.73. The second-order valence-corrected chi connectivity index (χ2v) is 4.81. The molecular formula is C15H19N3O4. The first-order chi connectivity index (χ1) is 10.7. The van der Waals surface area contributed by atoms with Crippen LogP contribution < -0.4 is 10.1 Å². The molecule has 7 nitrogen and oxygen atoms in total. The van der Waals surface area contributed by atoms with Crippen molar-refractivity contribution >= 4 is 22.3 Å². The number of aliphatic hydroxyl groups excluding tert-OH is 1. The van der Waals surface area contributed by atoms with Crippen molar-refractivity contribution in [3.63, 3.8) is 0 Å². The van der Waals surface area contributed by atoms with Gasteiger partial charge in [0.15, 0.2) is 0 Å². The maximum Gasteiger partial charge on any atom is 0.311 e. The van der Waals surface area contributed by atoms with Crippen molar-refractivity contribution in [3.8, 4) is 5.75 Å². The number of aliphatic hydroxyl groups is 1. The fourth-order valence-electron chi connectivity index (χ4n) is 2.09. The molecule has 0 amide bonds. The Morgan fingerprint density at radius 3 is 2.95 bits per heavy atom. The smallest absolute Gasteiger partial charge is 0.311 e. The number of hydrogen-bond donors (Lipinski definition) is 2. The van der Waals surface area contributed by atoms with Crippen molar-refractivity contribution in [3.05, 3.63) is 34.5 Å². The monoisotopic (exact) mass is 305 g/mol. The molecule has 1 heterocycles. The van der Waals surface area contributed by atoms with Gasteiger partial charge in [-0.15, -0.1) is 0 Å². The number of hydrogen-bond acceptors (Lipinski definition) is 6. The summed E-state index contributed by atoms with van der Waals surface area (Å²) in [6, 6.07) is 5.28. The summed E-state index contributed by atoms with van der Waals surface area (Å²) in [5.74, 6) is 0.690. The highest BCUT2D eigenvalue weighted by atomic mass is 16.6. The summed E-state index contributed by atoms with van der Waals surface area (Å²) in [6.07, 6.45) is 3.24. The lowest BCUT2D eigenvalue weighted by Gasteiger charge is -2.10. The number of unbranched alkanes of at least 4 members (excludes halogenated alkanes) is 1. The van der Waals surface area contributed by atoms with Gasteiger partial charge in [0.1, 0.15) is 17.6 Å². The number of anilines is 1. The number of nitrogens with one attached hydrogen (secondary N) is 1. The van der Waals surface area contributed by atoms with E-state index in [9.17, 15) is 10.1 Å². The number of rotatable bonds is 8. The van der Waals surface area contributed by atoms with Crippen molar-refractivity contribution in [2.45, 2.75) is 19.8 Å². The van der Waals surface area contributed by atoms with Gasteiger partial charge < -0.3 is 15.2 Å². The van der Waals surface area contributed by atoms with Gasteiger partial charge in [-0.1, -0.05) is 13.3 Å². The molecule has 0 aliphatic heterocycles. The Hall–Kier alpha value is -2.41. The van der Waals surface area contributed by atoms with Gasteiger partial charge in [0.2, 0.25) is 0 Å². The molecule has 0 unspecified atom stereocenters. The zero-order chi connectivity index (χ0) is 15.9. The van der Waals surface area contributed by atoms with Crippen molar-refractivity contribution in [2.24, 2.45) is 0 Å². The Kier molecular flexibility index (Phi) is 5.48. The molecule has 0 bridgehead atoms. The molecule has 0 saturated heterocycles. The van der Waals surface area contributed by atoms with E-state index in [4.69, 9.17) is 9.84 Å². The number of fused-ring (bicyclic) bond motifs is 1. The minimum absolute atomic E-state index is 0.111. The third-order valence-corrected chi connectivity index (χ3v) is 3.20. The average Bonchev–Trinajstić information content (AvgIpc) is 2.52. The fourth-order valence-corrected chi connectivity index (χ4v) is 2.09. The van der Waals surface area contributed by atoms with E-state index in [1.165, 1.54) is 6.20 Å². The largest absolute Gasteiger partial charge is 0.494 e. The quantitative estimate of drug-likeness (QED) is 0.442. The summed E-state index contributed by atoms with van der Waals surface area (Å²) >= 11 is 0. The summed E-state index contributed by atoms with van der Waals surface area (Å²) < 4.78 is 5.62. The van der Waals surface area contributed by atoms with Crippen LogP contribution in [0.3, 0.4) is 0 Å². The van der Waals surface area contributed by atoms with Crippen molar-refractivity contribution in [2.75, 3.05) is 25.1 Å². The highest BCUT2D eigenvalue weighted by Crippen LogP contribution is 2.33. The lowest BCUT2D eigenvalue weighted by Crippen LogP contribution is -2.08. The zero-order valence-electron chi connectivity index (χ0n) is 12.4. The van der Waals surface area contributed by atoms with Crippen LogP contribution in [0.4, 0.5) is 11.4 Å². The van der Waals surface area contributed by atoms with Crippen LogP contribution in [0.25, 0.3) is 10.9 Å². The number of nitrogens with zero attached hydrogens (tertiary/aromatic N) is 2. The second-order valence-electron chi connectivity index (χ2n) is 4.81. The molecule has 22 heavy (non-hydrogen) atoms. The number of nitro groups is 1. The summed E-state index contributed by atoms with van der Waals surface area (Å²) in [6.45, 7) is 2.84. The van der Waals surface area contributed by atoms with Gasteiger partial charge in [-0.2, -0.15) is 0 Å². The molecule has 2 rings (SSSR count). The van der Waals surface area contributed by atoms with Crippen LogP contribution in [0.15, 0.2) is 24.4 Å². The van der Waals surface area contributed by atoms with Gasteiger partial charge in [-0.25, -0.2) is 4.98 Å². The Morgan fingerprint density at radius 2 is 2.27 bits per heavy atom. The standard InChI is InChI=1S/C15H19N3O4/c1-2-3-8-22-11-4-5-12-13(9-11)17-10-14(18(20)21)15(12)16-6-7-19/h4-5,9-10,19H,2-3,6-8H2,1H3,(H,16,17). The Bertz CT molecular complexity index is 661. The first-order valence-corrected chi connectivity index (χ1v) is 7.22. The van der Waals surface area contributed by atoms with Gasteiger partial charge in [0, 0.05) is 18.0 Å². The van der Waals surface area contributed by atoms with Crippen molar-refractivity contribution < 1.29 is 14.8 Å². The third-order valence-electron chi connectivity index (χ3n) is 3.20. The molecule has 2 aromatic rings. The van der Waals surface area contributed by atoms with E-state index in [0.29, 0.717) is 28.9 Å².